The van der Waals surface area contributed by atoms with Crippen LogP contribution in [0.1, 0.15) is 50.6 Å². The van der Waals surface area contributed by atoms with Crippen LogP contribution < -0.4 is 5.32 Å². The standard InChI is InChI=1S/C19H24N4OS3/c1-4-13(5-2)16(14-8-6-10-26-14)20-18(24)12(3)23-17(21-22-19(23)25)15-9-7-11-27-15/h6-13,16H,4-5H2,1-3H3,(H,20,24)(H,22,25). The number of amides is 1. The molecule has 0 aliphatic rings. The lowest BCUT2D eigenvalue weighted by Crippen LogP contribution is -2.37. The lowest BCUT2D eigenvalue weighted by Gasteiger charge is -2.27. The van der Waals surface area contributed by atoms with Crippen molar-refractivity contribution in [2.24, 2.45) is 5.92 Å². The molecule has 0 radical (unpaired) electrons. The average molecular weight is 421 g/mol. The lowest BCUT2D eigenvalue weighted by atomic mass is 9.92. The molecule has 3 heterocycles. The summed E-state index contributed by atoms with van der Waals surface area (Å²) in [6, 6.07) is 7.64. The van der Waals surface area contributed by atoms with Gasteiger partial charge in [-0.05, 0) is 48.0 Å². The molecule has 2 unspecified atom stereocenters. The number of carbonyl (C=O) groups is 1. The highest BCUT2D eigenvalue weighted by Gasteiger charge is 2.27. The number of thiophene rings is 2. The second kappa shape index (κ2) is 8.95. The molecule has 8 heteroatoms. The summed E-state index contributed by atoms with van der Waals surface area (Å²) in [4.78, 5) is 15.3. The van der Waals surface area contributed by atoms with Crippen molar-refractivity contribution in [3.8, 4) is 10.7 Å². The van der Waals surface area contributed by atoms with E-state index in [4.69, 9.17) is 12.2 Å². The van der Waals surface area contributed by atoms with Crippen molar-refractivity contribution in [2.45, 2.75) is 45.7 Å². The van der Waals surface area contributed by atoms with Crippen LogP contribution in [-0.2, 0) is 4.79 Å². The average Bonchev–Trinajstić information content (AvgIpc) is 3.42. The van der Waals surface area contributed by atoms with Gasteiger partial charge in [0.1, 0.15) is 6.04 Å². The van der Waals surface area contributed by atoms with E-state index in [1.807, 2.05) is 30.5 Å². The Kier molecular flexibility index (Phi) is 6.62. The van der Waals surface area contributed by atoms with E-state index in [0.717, 1.165) is 17.7 Å². The van der Waals surface area contributed by atoms with Crippen LogP contribution >= 0.6 is 34.9 Å². The molecule has 2 atom stereocenters. The van der Waals surface area contributed by atoms with E-state index in [-0.39, 0.29) is 11.9 Å². The summed E-state index contributed by atoms with van der Waals surface area (Å²) in [7, 11) is 0. The van der Waals surface area contributed by atoms with Gasteiger partial charge in [0.15, 0.2) is 10.6 Å². The first-order valence-electron chi connectivity index (χ1n) is 9.11. The fraction of sp³-hybridized carbons (Fsp3) is 0.421. The van der Waals surface area contributed by atoms with E-state index in [1.54, 1.807) is 27.2 Å². The second-order valence-corrected chi connectivity index (χ2v) is 8.77. The molecule has 0 saturated carbocycles. The van der Waals surface area contributed by atoms with Crippen LogP contribution in [0.5, 0.6) is 0 Å². The number of carbonyl (C=O) groups excluding carboxylic acids is 1. The van der Waals surface area contributed by atoms with Crippen LogP contribution in [0.2, 0.25) is 0 Å². The van der Waals surface area contributed by atoms with Gasteiger partial charge in [0, 0.05) is 4.88 Å². The summed E-state index contributed by atoms with van der Waals surface area (Å²) in [5.74, 6) is 1.05. The van der Waals surface area contributed by atoms with E-state index in [0.29, 0.717) is 16.5 Å². The Balaban J connectivity index is 1.87. The highest BCUT2D eigenvalue weighted by atomic mass is 32.1. The zero-order valence-corrected chi connectivity index (χ0v) is 18.1. The molecule has 0 aliphatic heterocycles. The summed E-state index contributed by atoms with van der Waals surface area (Å²) in [6.45, 7) is 6.22. The Morgan fingerprint density at radius 3 is 2.56 bits per heavy atom. The summed E-state index contributed by atoms with van der Waals surface area (Å²) in [5, 5.41) is 14.5. The van der Waals surface area contributed by atoms with Crippen LogP contribution in [0.4, 0.5) is 0 Å². The van der Waals surface area contributed by atoms with Crippen LogP contribution in [0.25, 0.3) is 10.7 Å². The first-order valence-corrected chi connectivity index (χ1v) is 11.3. The van der Waals surface area contributed by atoms with Crippen molar-refractivity contribution >= 4 is 40.8 Å². The summed E-state index contributed by atoms with van der Waals surface area (Å²) in [6.07, 6.45) is 2.03. The molecule has 2 N–H and O–H groups in total. The molecule has 3 rings (SSSR count). The maximum atomic E-state index is 13.1. The predicted molar refractivity (Wildman–Crippen MR) is 115 cm³/mol. The Labute approximate surface area is 172 Å². The normalized spacial score (nSPS) is 13.6. The third kappa shape index (κ3) is 4.23. The number of aromatic amines is 1. The molecule has 0 aliphatic carbocycles. The van der Waals surface area contributed by atoms with Gasteiger partial charge < -0.3 is 5.32 Å². The number of aromatic nitrogens is 3. The van der Waals surface area contributed by atoms with Crippen molar-refractivity contribution in [3.05, 3.63) is 44.7 Å². The number of nitrogens with zero attached hydrogens (tertiary/aromatic N) is 2. The van der Waals surface area contributed by atoms with Crippen molar-refractivity contribution < 1.29 is 4.79 Å². The predicted octanol–water partition coefficient (Wildman–Crippen LogP) is 5.59. The van der Waals surface area contributed by atoms with Crippen molar-refractivity contribution in [2.75, 3.05) is 0 Å². The van der Waals surface area contributed by atoms with Crippen molar-refractivity contribution in [1.82, 2.24) is 20.1 Å². The topological polar surface area (TPSA) is 62.7 Å². The molecule has 0 fully saturated rings. The van der Waals surface area contributed by atoms with Crippen LogP contribution in [0, 0.1) is 10.7 Å². The zero-order valence-electron chi connectivity index (χ0n) is 15.6. The van der Waals surface area contributed by atoms with Gasteiger partial charge in [-0.1, -0.05) is 38.8 Å². The Morgan fingerprint density at radius 1 is 1.26 bits per heavy atom. The third-order valence-electron chi connectivity index (χ3n) is 4.88. The molecule has 144 valence electrons. The number of hydrogen-bond donors (Lipinski definition) is 2. The molecular weight excluding hydrogens is 396 g/mol. The quantitative estimate of drug-likeness (QED) is 0.467. The van der Waals surface area contributed by atoms with Gasteiger partial charge >= 0.3 is 0 Å². The van der Waals surface area contributed by atoms with Gasteiger partial charge in [0.25, 0.3) is 0 Å². The minimum absolute atomic E-state index is 0.0150. The number of rotatable bonds is 8. The minimum Gasteiger partial charge on any atom is -0.346 e. The molecule has 0 saturated heterocycles. The fourth-order valence-electron chi connectivity index (χ4n) is 3.28. The zero-order chi connectivity index (χ0) is 19.4. The molecule has 0 bridgehead atoms. The van der Waals surface area contributed by atoms with E-state index in [1.165, 1.54) is 4.88 Å². The van der Waals surface area contributed by atoms with Gasteiger partial charge in [0.2, 0.25) is 5.91 Å². The maximum Gasteiger partial charge on any atom is 0.243 e. The summed E-state index contributed by atoms with van der Waals surface area (Å²) in [5.41, 5.74) is 0. The van der Waals surface area contributed by atoms with E-state index >= 15 is 0 Å². The highest BCUT2D eigenvalue weighted by molar-refractivity contribution is 7.71. The summed E-state index contributed by atoms with van der Waals surface area (Å²) < 4.78 is 2.26. The largest absolute Gasteiger partial charge is 0.346 e. The SMILES string of the molecule is CCC(CC)C(NC(=O)C(C)n1c(-c2cccs2)n[nH]c1=S)c1cccs1. The smallest absolute Gasteiger partial charge is 0.243 e. The van der Waals surface area contributed by atoms with Gasteiger partial charge in [-0.2, -0.15) is 5.10 Å². The number of nitrogens with one attached hydrogen (secondary N) is 2. The number of hydrogen-bond acceptors (Lipinski definition) is 5. The second-order valence-electron chi connectivity index (χ2n) is 6.45. The molecule has 5 nitrogen and oxygen atoms in total. The molecule has 3 aromatic heterocycles. The van der Waals surface area contributed by atoms with Gasteiger partial charge in [-0.15, -0.1) is 22.7 Å². The van der Waals surface area contributed by atoms with Crippen LogP contribution in [0.15, 0.2) is 35.0 Å². The first kappa shape index (κ1) is 20.0. The Hall–Kier alpha value is -1.77. The summed E-state index contributed by atoms with van der Waals surface area (Å²) >= 11 is 8.67. The molecule has 3 aromatic rings. The molecule has 27 heavy (non-hydrogen) atoms. The minimum atomic E-state index is -0.454. The monoisotopic (exact) mass is 420 g/mol. The van der Waals surface area contributed by atoms with Gasteiger partial charge in [-0.3, -0.25) is 14.5 Å². The fourth-order valence-corrected chi connectivity index (χ4v) is 5.15. The highest BCUT2D eigenvalue weighted by Crippen LogP contribution is 2.31. The number of H-pyrrole nitrogens is 1. The maximum absolute atomic E-state index is 13.1. The van der Waals surface area contributed by atoms with E-state index in [2.05, 4.69) is 40.8 Å². The van der Waals surface area contributed by atoms with Gasteiger partial charge in [-0.25, -0.2) is 0 Å². The molecule has 0 aromatic carbocycles. The van der Waals surface area contributed by atoms with E-state index < -0.39 is 6.04 Å². The van der Waals surface area contributed by atoms with Crippen molar-refractivity contribution in [3.63, 3.8) is 0 Å². The molecular formula is C19H24N4OS3. The van der Waals surface area contributed by atoms with Crippen LogP contribution in [-0.4, -0.2) is 20.7 Å². The molecule has 1 amide bonds. The Bertz CT molecular complexity index is 907. The van der Waals surface area contributed by atoms with Crippen molar-refractivity contribution in [1.29, 1.82) is 0 Å². The van der Waals surface area contributed by atoms with Crippen LogP contribution in [0.3, 0.4) is 0 Å². The third-order valence-corrected chi connectivity index (χ3v) is 6.99. The Morgan fingerprint density at radius 2 is 1.96 bits per heavy atom. The lowest BCUT2D eigenvalue weighted by molar-refractivity contribution is -0.125. The molecule has 0 spiro atoms. The van der Waals surface area contributed by atoms with E-state index in [9.17, 15) is 4.79 Å². The first-order chi connectivity index (χ1) is 13.1. The van der Waals surface area contributed by atoms with Gasteiger partial charge in [0.05, 0.1) is 10.9 Å².